The van der Waals surface area contributed by atoms with E-state index in [2.05, 4.69) is 16.0 Å². The maximum atomic E-state index is 13.7. The Labute approximate surface area is 206 Å². The molecule has 0 N–H and O–H groups in total. The average molecular weight is 498 g/mol. The molecule has 1 saturated carbocycles. The molecule has 9 nitrogen and oxygen atoms in total. The maximum absolute atomic E-state index is 13.7. The molecule has 3 heterocycles. The van der Waals surface area contributed by atoms with E-state index in [0.717, 1.165) is 42.3 Å². The van der Waals surface area contributed by atoms with Gasteiger partial charge in [0.2, 0.25) is 10.0 Å². The number of carbonyl (C=O) groups is 1. The van der Waals surface area contributed by atoms with E-state index in [4.69, 9.17) is 4.74 Å². The van der Waals surface area contributed by atoms with Crippen LogP contribution < -0.4 is 9.64 Å². The highest BCUT2D eigenvalue weighted by Gasteiger charge is 2.41. The van der Waals surface area contributed by atoms with Crippen molar-refractivity contribution >= 4 is 32.5 Å². The third-order valence-corrected chi connectivity index (χ3v) is 9.96. The van der Waals surface area contributed by atoms with Crippen molar-refractivity contribution in [2.45, 2.75) is 37.9 Å². The number of methoxy groups -OCH3 is 1. The molecular formula is C25H31N5O4S. The van der Waals surface area contributed by atoms with Crippen LogP contribution >= 0.6 is 0 Å². The van der Waals surface area contributed by atoms with E-state index in [-0.39, 0.29) is 16.6 Å². The fraction of sp³-hybridized carbons (Fsp3) is 0.560. The second-order valence-electron chi connectivity index (χ2n) is 10.00. The Kier molecular flexibility index (Phi) is 6.09. The molecule has 1 aromatic carbocycles. The van der Waals surface area contributed by atoms with Crippen LogP contribution in [-0.4, -0.2) is 80.1 Å². The number of rotatable bonds is 5. The zero-order chi connectivity index (χ0) is 24.8. The summed E-state index contributed by atoms with van der Waals surface area (Å²) in [5, 5.41) is 10.2. The van der Waals surface area contributed by atoms with Crippen LogP contribution in [0.2, 0.25) is 0 Å². The van der Waals surface area contributed by atoms with Gasteiger partial charge in [-0.15, -0.1) is 0 Å². The first-order chi connectivity index (χ1) is 16.8. The number of aromatic nitrogens is 1. The molecule has 0 atom stereocenters. The van der Waals surface area contributed by atoms with E-state index >= 15 is 0 Å². The number of amides is 1. The van der Waals surface area contributed by atoms with Gasteiger partial charge in [0.1, 0.15) is 5.75 Å². The highest BCUT2D eigenvalue weighted by Crippen LogP contribution is 2.38. The lowest BCUT2D eigenvalue weighted by Crippen LogP contribution is -2.51. The second-order valence-corrected chi connectivity index (χ2v) is 12.2. The van der Waals surface area contributed by atoms with Crippen molar-refractivity contribution in [1.82, 2.24) is 14.2 Å². The number of carbonyl (C=O) groups excluding carboxylic acids is 1. The quantitative estimate of drug-likeness (QED) is 0.625. The van der Waals surface area contributed by atoms with E-state index < -0.39 is 10.0 Å². The van der Waals surface area contributed by atoms with Gasteiger partial charge in [0.05, 0.1) is 40.6 Å². The number of piperazine rings is 1. The maximum Gasteiger partial charge on any atom is 0.257 e. The van der Waals surface area contributed by atoms with Crippen LogP contribution in [0.3, 0.4) is 0 Å². The SMILES string of the molecule is COc1ccc2c(N3CCC(C)(C#N)CC3)c(C(=O)N3CCN(S(=O)(=O)C4CC4)CC3)cnc2c1. The summed E-state index contributed by atoms with van der Waals surface area (Å²) in [7, 11) is -1.63. The highest BCUT2D eigenvalue weighted by molar-refractivity contribution is 7.90. The van der Waals surface area contributed by atoms with Crippen LogP contribution in [0.4, 0.5) is 5.69 Å². The lowest BCUT2D eigenvalue weighted by Gasteiger charge is -2.38. The minimum atomic E-state index is -3.24. The van der Waals surface area contributed by atoms with Crippen molar-refractivity contribution in [2.75, 3.05) is 51.3 Å². The molecule has 3 aliphatic rings. The van der Waals surface area contributed by atoms with Crippen molar-refractivity contribution < 1.29 is 17.9 Å². The number of piperidine rings is 1. The number of nitriles is 1. The van der Waals surface area contributed by atoms with Crippen LogP contribution in [0, 0.1) is 16.7 Å². The van der Waals surface area contributed by atoms with Crippen molar-refractivity contribution in [1.29, 1.82) is 5.26 Å². The molecule has 35 heavy (non-hydrogen) atoms. The van der Waals surface area contributed by atoms with E-state index in [1.807, 2.05) is 25.1 Å². The van der Waals surface area contributed by atoms with Gasteiger partial charge in [0, 0.05) is 56.9 Å². The number of ether oxygens (including phenoxy) is 1. The Morgan fingerprint density at radius 1 is 1.14 bits per heavy atom. The Morgan fingerprint density at radius 2 is 1.83 bits per heavy atom. The minimum Gasteiger partial charge on any atom is -0.497 e. The smallest absolute Gasteiger partial charge is 0.257 e. The van der Waals surface area contributed by atoms with Gasteiger partial charge in [-0.3, -0.25) is 9.78 Å². The van der Waals surface area contributed by atoms with Crippen LogP contribution in [0.25, 0.3) is 10.9 Å². The van der Waals surface area contributed by atoms with Gasteiger partial charge in [-0.2, -0.15) is 9.57 Å². The standard InChI is InChI=1S/C25H31N5O4S/c1-25(17-26)7-9-28(10-8-25)23-20-6-3-18(34-2)15-22(20)27-16-21(23)24(31)29-11-13-30(14-12-29)35(32,33)19-4-5-19/h3,6,15-16,19H,4-5,7-14H2,1-2H3. The molecule has 0 spiro atoms. The number of hydrogen-bond donors (Lipinski definition) is 0. The highest BCUT2D eigenvalue weighted by atomic mass is 32.2. The Balaban J connectivity index is 1.45. The summed E-state index contributed by atoms with van der Waals surface area (Å²) in [4.78, 5) is 22.2. The lowest BCUT2D eigenvalue weighted by molar-refractivity contribution is 0.0698. The van der Waals surface area contributed by atoms with Crippen molar-refractivity contribution in [3.8, 4) is 11.8 Å². The second kappa shape index (κ2) is 8.95. The first-order valence-electron chi connectivity index (χ1n) is 12.2. The number of benzene rings is 1. The van der Waals surface area contributed by atoms with E-state index in [1.165, 1.54) is 4.31 Å². The van der Waals surface area contributed by atoms with Gasteiger partial charge >= 0.3 is 0 Å². The first-order valence-corrected chi connectivity index (χ1v) is 13.7. The number of pyridine rings is 1. The minimum absolute atomic E-state index is 0.137. The molecule has 1 aromatic heterocycles. The van der Waals surface area contributed by atoms with Gasteiger partial charge in [0.15, 0.2) is 0 Å². The summed E-state index contributed by atoms with van der Waals surface area (Å²) in [5.41, 5.74) is 1.72. The predicted molar refractivity (Wildman–Crippen MR) is 133 cm³/mol. The zero-order valence-electron chi connectivity index (χ0n) is 20.2. The molecule has 10 heteroatoms. The number of hydrogen-bond acceptors (Lipinski definition) is 7. The van der Waals surface area contributed by atoms with Crippen molar-refractivity contribution in [3.05, 3.63) is 30.0 Å². The summed E-state index contributed by atoms with van der Waals surface area (Å²) in [6.07, 6.45) is 4.53. The van der Waals surface area contributed by atoms with Crippen LogP contribution in [0.15, 0.2) is 24.4 Å². The molecule has 1 amide bonds. The fourth-order valence-electron chi connectivity index (χ4n) is 5.01. The fourth-order valence-corrected chi connectivity index (χ4v) is 6.84. The topological polar surface area (TPSA) is 107 Å². The molecule has 2 saturated heterocycles. The van der Waals surface area contributed by atoms with E-state index in [0.29, 0.717) is 50.6 Å². The predicted octanol–water partition coefficient (Wildman–Crippen LogP) is 2.62. The summed E-state index contributed by atoms with van der Waals surface area (Å²) < 4.78 is 32.1. The molecule has 186 valence electrons. The Bertz CT molecular complexity index is 1280. The molecule has 3 fully saturated rings. The summed E-state index contributed by atoms with van der Waals surface area (Å²) >= 11 is 0. The Hall–Kier alpha value is -2.90. The van der Waals surface area contributed by atoms with Gasteiger partial charge in [0.25, 0.3) is 5.91 Å². The van der Waals surface area contributed by atoms with Crippen molar-refractivity contribution in [3.63, 3.8) is 0 Å². The molecule has 5 rings (SSSR count). The lowest BCUT2D eigenvalue weighted by atomic mass is 9.81. The summed E-state index contributed by atoms with van der Waals surface area (Å²) in [5.74, 6) is 0.557. The Morgan fingerprint density at radius 3 is 2.43 bits per heavy atom. The molecular weight excluding hydrogens is 466 g/mol. The first kappa shape index (κ1) is 23.8. The van der Waals surface area contributed by atoms with Gasteiger partial charge in [-0.05, 0) is 44.7 Å². The number of fused-ring (bicyclic) bond motifs is 1. The van der Waals surface area contributed by atoms with Crippen LogP contribution in [-0.2, 0) is 10.0 Å². The number of sulfonamides is 1. The summed E-state index contributed by atoms with van der Waals surface area (Å²) in [6.45, 7) is 4.69. The largest absolute Gasteiger partial charge is 0.497 e. The molecule has 0 bridgehead atoms. The van der Waals surface area contributed by atoms with Crippen LogP contribution in [0.5, 0.6) is 5.75 Å². The van der Waals surface area contributed by atoms with E-state index in [9.17, 15) is 18.5 Å². The normalized spacial score (nSPS) is 21.1. The molecule has 1 aliphatic carbocycles. The van der Waals surface area contributed by atoms with Crippen molar-refractivity contribution in [2.24, 2.45) is 5.41 Å². The molecule has 0 radical (unpaired) electrons. The van der Waals surface area contributed by atoms with Crippen LogP contribution in [0.1, 0.15) is 43.0 Å². The average Bonchev–Trinajstić information content (AvgIpc) is 3.74. The molecule has 0 unspecified atom stereocenters. The number of nitrogens with zero attached hydrogens (tertiary/aromatic N) is 5. The summed E-state index contributed by atoms with van der Waals surface area (Å²) in [6, 6.07) is 8.10. The van der Waals surface area contributed by atoms with Gasteiger partial charge in [-0.1, -0.05) is 0 Å². The molecule has 2 aromatic rings. The number of anilines is 1. The molecule has 2 aliphatic heterocycles. The van der Waals surface area contributed by atoms with Gasteiger partial charge < -0.3 is 14.5 Å². The third-order valence-electron chi connectivity index (χ3n) is 7.56. The zero-order valence-corrected chi connectivity index (χ0v) is 21.1. The monoisotopic (exact) mass is 497 g/mol. The van der Waals surface area contributed by atoms with E-state index in [1.54, 1.807) is 18.2 Å². The third kappa shape index (κ3) is 4.43. The van der Waals surface area contributed by atoms with Gasteiger partial charge in [-0.25, -0.2) is 8.42 Å².